The molecule has 0 saturated carbocycles. The first kappa shape index (κ1) is 14.0. The van der Waals surface area contributed by atoms with Crippen molar-refractivity contribution in [3.05, 3.63) is 29.8 Å². The highest BCUT2D eigenvalue weighted by Crippen LogP contribution is 2.24. The third kappa shape index (κ3) is 3.14. The maximum Gasteiger partial charge on any atom is 0.244 e. The highest BCUT2D eigenvalue weighted by Gasteiger charge is 2.38. The van der Waals surface area contributed by atoms with Crippen LogP contribution in [0, 0.1) is 6.92 Å². The van der Waals surface area contributed by atoms with Crippen molar-refractivity contribution in [2.45, 2.75) is 38.8 Å². The fourth-order valence-electron chi connectivity index (χ4n) is 2.58. The summed E-state index contributed by atoms with van der Waals surface area (Å²) >= 11 is 0. The first-order valence-corrected chi connectivity index (χ1v) is 6.69. The number of nitrogens with one attached hydrogen (secondary N) is 1. The van der Waals surface area contributed by atoms with Gasteiger partial charge < -0.3 is 10.0 Å². The first-order valence-electron chi connectivity index (χ1n) is 6.69. The molecule has 1 fully saturated rings. The number of carbonyl (C=O) groups excluding carboxylic acids is 1. The molecule has 1 saturated heterocycles. The molecule has 104 valence electrons. The summed E-state index contributed by atoms with van der Waals surface area (Å²) in [5.74, 6) is 0.0407. The minimum Gasteiger partial charge on any atom is -0.396 e. The highest BCUT2D eigenvalue weighted by molar-refractivity contribution is 5.98. The SMILES string of the molecule is Cc1cccc(N2CC(C)(C)NC(CCO)C2=O)c1. The van der Waals surface area contributed by atoms with Gasteiger partial charge in [-0.1, -0.05) is 12.1 Å². The van der Waals surface area contributed by atoms with Gasteiger partial charge in [0.05, 0.1) is 6.04 Å². The van der Waals surface area contributed by atoms with E-state index in [0.717, 1.165) is 11.3 Å². The number of rotatable bonds is 3. The molecule has 4 nitrogen and oxygen atoms in total. The van der Waals surface area contributed by atoms with Crippen molar-refractivity contribution in [1.82, 2.24) is 5.32 Å². The summed E-state index contributed by atoms with van der Waals surface area (Å²) < 4.78 is 0. The molecular formula is C15H22N2O2. The number of aliphatic hydroxyl groups is 1. The molecule has 1 atom stereocenters. The summed E-state index contributed by atoms with van der Waals surface area (Å²) in [4.78, 5) is 14.3. The van der Waals surface area contributed by atoms with E-state index in [1.807, 2.05) is 36.1 Å². The van der Waals surface area contributed by atoms with Gasteiger partial charge in [-0.3, -0.25) is 10.1 Å². The van der Waals surface area contributed by atoms with Crippen LogP contribution in [0.15, 0.2) is 24.3 Å². The monoisotopic (exact) mass is 262 g/mol. The number of hydrogen-bond acceptors (Lipinski definition) is 3. The first-order chi connectivity index (χ1) is 8.93. The third-order valence-electron chi connectivity index (χ3n) is 3.41. The van der Waals surface area contributed by atoms with Gasteiger partial charge in [0.15, 0.2) is 0 Å². The molecule has 1 aromatic carbocycles. The molecule has 2 N–H and O–H groups in total. The zero-order valence-electron chi connectivity index (χ0n) is 11.8. The molecule has 0 spiro atoms. The van der Waals surface area contributed by atoms with Crippen LogP contribution < -0.4 is 10.2 Å². The summed E-state index contributed by atoms with van der Waals surface area (Å²) in [7, 11) is 0. The molecular weight excluding hydrogens is 240 g/mol. The van der Waals surface area contributed by atoms with Crippen molar-refractivity contribution in [2.24, 2.45) is 0 Å². The summed E-state index contributed by atoms with van der Waals surface area (Å²) in [5, 5.41) is 12.4. The zero-order valence-corrected chi connectivity index (χ0v) is 11.8. The van der Waals surface area contributed by atoms with Gasteiger partial charge in [-0.25, -0.2) is 0 Å². The maximum atomic E-state index is 12.5. The quantitative estimate of drug-likeness (QED) is 0.867. The molecule has 1 amide bonds. The van der Waals surface area contributed by atoms with Crippen molar-refractivity contribution in [3.63, 3.8) is 0 Å². The van der Waals surface area contributed by atoms with Crippen molar-refractivity contribution >= 4 is 11.6 Å². The number of nitrogens with zero attached hydrogens (tertiary/aromatic N) is 1. The normalized spacial score (nSPS) is 22.6. The number of carbonyl (C=O) groups is 1. The molecule has 1 aromatic rings. The van der Waals surface area contributed by atoms with E-state index in [1.165, 1.54) is 0 Å². The molecule has 2 rings (SSSR count). The Hall–Kier alpha value is -1.39. The van der Waals surface area contributed by atoms with E-state index in [2.05, 4.69) is 19.2 Å². The predicted molar refractivity (Wildman–Crippen MR) is 76.2 cm³/mol. The van der Waals surface area contributed by atoms with Crippen LogP contribution in [0.5, 0.6) is 0 Å². The van der Waals surface area contributed by atoms with E-state index in [1.54, 1.807) is 0 Å². The summed E-state index contributed by atoms with van der Waals surface area (Å²) in [5.41, 5.74) is 1.92. The van der Waals surface area contributed by atoms with Crippen LogP contribution in [-0.4, -0.2) is 35.7 Å². The van der Waals surface area contributed by atoms with E-state index in [4.69, 9.17) is 5.11 Å². The minimum absolute atomic E-state index is 0.0150. The topological polar surface area (TPSA) is 52.6 Å². The second-order valence-electron chi connectivity index (χ2n) is 5.86. The van der Waals surface area contributed by atoms with Crippen molar-refractivity contribution in [1.29, 1.82) is 0 Å². The molecule has 1 unspecified atom stereocenters. The lowest BCUT2D eigenvalue weighted by atomic mass is 9.96. The Balaban J connectivity index is 2.30. The fraction of sp³-hybridized carbons (Fsp3) is 0.533. The van der Waals surface area contributed by atoms with Crippen LogP contribution in [0.4, 0.5) is 5.69 Å². The van der Waals surface area contributed by atoms with Crippen LogP contribution in [0.1, 0.15) is 25.8 Å². The zero-order chi connectivity index (χ0) is 14.0. The Labute approximate surface area is 114 Å². The lowest BCUT2D eigenvalue weighted by Crippen LogP contribution is -2.65. The van der Waals surface area contributed by atoms with Gasteiger partial charge in [0, 0.05) is 24.4 Å². The molecule has 0 radical (unpaired) electrons. The molecule has 1 heterocycles. The van der Waals surface area contributed by atoms with Crippen LogP contribution >= 0.6 is 0 Å². The van der Waals surface area contributed by atoms with Crippen LogP contribution in [0.25, 0.3) is 0 Å². The van der Waals surface area contributed by atoms with Crippen molar-refractivity contribution in [3.8, 4) is 0 Å². The lowest BCUT2D eigenvalue weighted by molar-refractivity contribution is -0.123. The van der Waals surface area contributed by atoms with Crippen LogP contribution in [0.3, 0.4) is 0 Å². The standard InChI is InChI=1S/C15H22N2O2/c1-11-5-4-6-12(9-11)17-10-15(2,3)16-13(7-8-18)14(17)19/h4-6,9,13,16,18H,7-8,10H2,1-3H3. The smallest absolute Gasteiger partial charge is 0.244 e. The van der Waals surface area contributed by atoms with Gasteiger partial charge in [0.2, 0.25) is 5.91 Å². The number of benzene rings is 1. The van der Waals surface area contributed by atoms with Gasteiger partial charge in [0.1, 0.15) is 0 Å². The second kappa shape index (κ2) is 5.31. The van der Waals surface area contributed by atoms with Crippen LogP contribution in [0.2, 0.25) is 0 Å². The second-order valence-corrected chi connectivity index (χ2v) is 5.86. The van der Waals surface area contributed by atoms with Crippen molar-refractivity contribution in [2.75, 3.05) is 18.1 Å². The van der Waals surface area contributed by atoms with Gasteiger partial charge in [-0.15, -0.1) is 0 Å². The number of anilines is 1. The fourth-order valence-corrected chi connectivity index (χ4v) is 2.58. The number of hydrogen-bond donors (Lipinski definition) is 2. The van der Waals surface area contributed by atoms with Crippen LogP contribution in [-0.2, 0) is 4.79 Å². The summed E-state index contributed by atoms with van der Waals surface area (Å²) in [6.07, 6.45) is 0.449. The largest absolute Gasteiger partial charge is 0.396 e. The molecule has 19 heavy (non-hydrogen) atoms. The Kier molecular flexibility index (Phi) is 3.92. The van der Waals surface area contributed by atoms with Gasteiger partial charge in [-0.2, -0.15) is 0 Å². The van der Waals surface area contributed by atoms with Gasteiger partial charge >= 0.3 is 0 Å². The van der Waals surface area contributed by atoms with Gasteiger partial charge in [-0.05, 0) is 44.9 Å². The number of aliphatic hydroxyl groups excluding tert-OH is 1. The average Bonchev–Trinajstić information content (AvgIpc) is 2.33. The molecule has 1 aliphatic heterocycles. The van der Waals surface area contributed by atoms with E-state index in [9.17, 15) is 4.79 Å². The molecule has 0 aliphatic carbocycles. The summed E-state index contributed by atoms with van der Waals surface area (Å²) in [6.45, 7) is 6.82. The molecule has 4 heteroatoms. The Bertz CT molecular complexity index is 471. The van der Waals surface area contributed by atoms with E-state index in [-0.39, 0.29) is 24.1 Å². The number of amides is 1. The number of aryl methyl sites for hydroxylation is 1. The van der Waals surface area contributed by atoms with Crippen molar-refractivity contribution < 1.29 is 9.90 Å². The maximum absolute atomic E-state index is 12.5. The molecule has 0 bridgehead atoms. The molecule has 1 aliphatic rings. The Morgan fingerprint density at radius 2 is 2.21 bits per heavy atom. The third-order valence-corrected chi connectivity index (χ3v) is 3.41. The van der Waals surface area contributed by atoms with E-state index < -0.39 is 0 Å². The minimum atomic E-state index is -0.311. The lowest BCUT2D eigenvalue weighted by Gasteiger charge is -2.43. The number of piperazine rings is 1. The summed E-state index contributed by atoms with van der Waals surface area (Å²) in [6, 6.07) is 7.66. The Morgan fingerprint density at radius 1 is 1.47 bits per heavy atom. The average molecular weight is 262 g/mol. The molecule has 0 aromatic heterocycles. The predicted octanol–water partition coefficient (Wildman–Crippen LogP) is 1.46. The van der Waals surface area contributed by atoms with Gasteiger partial charge in [0.25, 0.3) is 0 Å². The highest BCUT2D eigenvalue weighted by atomic mass is 16.3. The Morgan fingerprint density at radius 3 is 2.84 bits per heavy atom. The van der Waals surface area contributed by atoms with E-state index in [0.29, 0.717) is 13.0 Å². The van der Waals surface area contributed by atoms with E-state index >= 15 is 0 Å².